The second kappa shape index (κ2) is 40.4. The van der Waals surface area contributed by atoms with Crippen molar-refractivity contribution in [2.75, 3.05) is 47.5 Å². The zero-order valence-electron chi connectivity index (χ0n) is 38.0. The summed E-state index contributed by atoms with van der Waals surface area (Å²) in [6, 6.07) is 0. The molecule has 0 spiro atoms. The van der Waals surface area contributed by atoms with Gasteiger partial charge in [0.25, 0.3) is 7.82 Å². The first-order valence-electron chi connectivity index (χ1n) is 23.3. The third-order valence-electron chi connectivity index (χ3n) is 9.82. The van der Waals surface area contributed by atoms with Crippen molar-refractivity contribution in [1.82, 2.24) is 0 Å². The first-order valence-corrected chi connectivity index (χ1v) is 24.8. The molecular weight excluding hydrogens is 750 g/mol. The van der Waals surface area contributed by atoms with Crippen molar-refractivity contribution in [1.29, 1.82) is 0 Å². The standard InChI is InChI=1S/C48H88NO8P/c1-6-8-10-12-14-16-18-20-22-24-26-28-30-32-34-36-38-40-47(50)54-44-46(45-56-58(52,53)55-43-42-49(3,4)5)57-48(51)41-39-37-35-33-31-29-27-25-23-21-19-17-15-13-11-9-7-2/h15,17,20-23,27,29,46H,6-14,16,18-19,24-26,28,30-45H2,1-5H3/b17-15+,22-20+,23-21+,29-27+/t46-/m1/s1. The summed E-state index contributed by atoms with van der Waals surface area (Å²) in [5.74, 6) is -0.864. The number of phosphoric acid groups is 1. The number of carbonyl (C=O) groups excluding carboxylic acids is 2. The van der Waals surface area contributed by atoms with Crippen LogP contribution < -0.4 is 4.89 Å². The van der Waals surface area contributed by atoms with Crippen molar-refractivity contribution < 1.29 is 42.1 Å². The SMILES string of the molecule is CCCCC/C=C/C/C=C/C/C=C/CCCCCCC(=O)O[C@H](COC(=O)CCCCCCCCC/C=C/CCCCCCCC)COP(=O)([O-])OCC[N+](C)(C)C. The Bertz CT molecular complexity index is 1130. The molecule has 10 heteroatoms. The second-order valence-corrected chi connectivity index (χ2v) is 18.2. The molecule has 0 fully saturated rings. The molecule has 0 saturated carbocycles. The maximum Gasteiger partial charge on any atom is 0.306 e. The Labute approximate surface area is 356 Å². The van der Waals surface area contributed by atoms with E-state index < -0.39 is 32.5 Å². The van der Waals surface area contributed by atoms with Gasteiger partial charge in [-0.05, 0) is 77.0 Å². The molecule has 0 aliphatic rings. The lowest BCUT2D eigenvalue weighted by atomic mass is 10.1. The molecule has 0 saturated heterocycles. The number of unbranched alkanes of at least 4 members (excludes halogenated alkanes) is 20. The van der Waals surface area contributed by atoms with Crippen molar-refractivity contribution in [3.05, 3.63) is 48.6 Å². The van der Waals surface area contributed by atoms with Crippen LogP contribution in [-0.4, -0.2) is 70.0 Å². The number of esters is 2. The molecule has 0 aliphatic heterocycles. The predicted molar refractivity (Wildman–Crippen MR) is 240 cm³/mol. The number of rotatable bonds is 42. The van der Waals surface area contributed by atoms with Gasteiger partial charge in [-0.15, -0.1) is 0 Å². The molecule has 9 nitrogen and oxygen atoms in total. The lowest BCUT2D eigenvalue weighted by Gasteiger charge is -2.28. The van der Waals surface area contributed by atoms with Crippen LogP contribution in [0, 0.1) is 0 Å². The number of carbonyl (C=O) groups is 2. The zero-order chi connectivity index (χ0) is 42.8. The summed E-state index contributed by atoms with van der Waals surface area (Å²) in [5.41, 5.74) is 0. The number of ether oxygens (including phenoxy) is 2. The lowest BCUT2D eigenvalue weighted by molar-refractivity contribution is -0.870. The monoisotopic (exact) mass is 838 g/mol. The molecule has 0 amide bonds. The van der Waals surface area contributed by atoms with Crippen LogP contribution in [0.25, 0.3) is 0 Å². The number of phosphoric ester groups is 1. The van der Waals surface area contributed by atoms with E-state index in [4.69, 9.17) is 18.5 Å². The third kappa shape index (κ3) is 43.5. The van der Waals surface area contributed by atoms with Crippen LogP contribution >= 0.6 is 7.82 Å². The molecule has 0 bridgehead atoms. The van der Waals surface area contributed by atoms with Gasteiger partial charge in [0.15, 0.2) is 6.10 Å². The molecule has 0 rings (SSSR count). The van der Waals surface area contributed by atoms with Crippen molar-refractivity contribution in [2.24, 2.45) is 0 Å². The van der Waals surface area contributed by atoms with Crippen molar-refractivity contribution in [3.8, 4) is 0 Å². The molecule has 1 unspecified atom stereocenters. The van der Waals surface area contributed by atoms with E-state index in [-0.39, 0.29) is 26.1 Å². The summed E-state index contributed by atoms with van der Waals surface area (Å²) < 4.78 is 33.9. The fourth-order valence-corrected chi connectivity index (χ4v) is 6.85. The lowest BCUT2D eigenvalue weighted by Crippen LogP contribution is -2.37. The molecular formula is C48H88NO8P. The number of allylic oxidation sites excluding steroid dienone is 8. The average molecular weight is 838 g/mol. The van der Waals surface area contributed by atoms with Crippen LogP contribution in [-0.2, 0) is 32.7 Å². The smallest absolute Gasteiger partial charge is 0.306 e. The van der Waals surface area contributed by atoms with Gasteiger partial charge in [-0.2, -0.15) is 0 Å². The Kier molecular flexibility index (Phi) is 39.0. The van der Waals surface area contributed by atoms with Gasteiger partial charge >= 0.3 is 11.9 Å². The summed E-state index contributed by atoms with van der Waals surface area (Å²) in [6.07, 6.45) is 47.0. The highest BCUT2D eigenvalue weighted by Gasteiger charge is 2.21. The normalized spacial score (nSPS) is 14.0. The van der Waals surface area contributed by atoms with Crippen LogP contribution in [0.1, 0.15) is 194 Å². The maximum atomic E-state index is 12.7. The molecule has 0 N–H and O–H groups in total. The van der Waals surface area contributed by atoms with E-state index in [0.717, 1.165) is 70.6 Å². The summed E-state index contributed by atoms with van der Waals surface area (Å²) in [7, 11) is 1.14. The van der Waals surface area contributed by atoms with Crippen molar-refractivity contribution in [3.63, 3.8) is 0 Å². The Morgan fingerprint density at radius 1 is 0.534 bits per heavy atom. The van der Waals surface area contributed by atoms with Gasteiger partial charge in [-0.1, -0.05) is 152 Å². The molecule has 0 radical (unpaired) electrons. The van der Waals surface area contributed by atoms with Crippen molar-refractivity contribution in [2.45, 2.75) is 200 Å². The fourth-order valence-electron chi connectivity index (χ4n) is 6.13. The minimum absolute atomic E-state index is 0.0373. The Morgan fingerprint density at radius 3 is 1.43 bits per heavy atom. The molecule has 2 atom stereocenters. The van der Waals surface area contributed by atoms with E-state index in [2.05, 4.69) is 62.5 Å². The van der Waals surface area contributed by atoms with Crippen LogP contribution in [0.3, 0.4) is 0 Å². The highest BCUT2D eigenvalue weighted by atomic mass is 31.2. The molecule has 0 aromatic carbocycles. The van der Waals surface area contributed by atoms with Gasteiger partial charge in [0.2, 0.25) is 0 Å². The quantitative estimate of drug-likeness (QED) is 0.0196. The summed E-state index contributed by atoms with van der Waals surface area (Å²) in [5, 5.41) is 0. The molecule has 58 heavy (non-hydrogen) atoms. The Morgan fingerprint density at radius 2 is 0.931 bits per heavy atom. The summed E-state index contributed by atoms with van der Waals surface area (Å²) in [4.78, 5) is 37.6. The van der Waals surface area contributed by atoms with Crippen LogP contribution in [0.15, 0.2) is 48.6 Å². The van der Waals surface area contributed by atoms with Gasteiger partial charge in [0.1, 0.15) is 19.8 Å². The highest BCUT2D eigenvalue weighted by Crippen LogP contribution is 2.38. The van der Waals surface area contributed by atoms with Crippen LogP contribution in [0.2, 0.25) is 0 Å². The fraction of sp³-hybridized carbons (Fsp3) is 0.792. The number of quaternary nitrogens is 1. The average Bonchev–Trinajstić information content (AvgIpc) is 3.17. The van der Waals surface area contributed by atoms with Gasteiger partial charge < -0.3 is 27.9 Å². The largest absolute Gasteiger partial charge is 0.756 e. The number of hydrogen-bond donors (Lipinski definition) is 0. The molecule has 0 aromatic heterocycles. The Balaban J connectivity index is 4.38. The first kappa shape index (κ1) is 56.0. The van der Waals surface area contributed by atoms with Gasteiger partial charge in [-0.3, -0.25) is 14.2 Å². The highest BCUT2D eigenvalue weighted by molar-refractivity contribution is 7.45. The molecule has 0 heterocycles. The van der Waals surface area contributed by atoms with Crippen molar-refractivity contribution >= 4 is 19.8 Å². The predicted octanol–water partition coefficient (Wildman–Crippen LogP) is 12.8. The van der Waals surface area contributed by atoms with E-state index in [9.17, 15) is 19.0 Å². The van der Waals surface area contributed by atoms with Crippen LogP contribution in [0.4, 0.5) is 0 Å². The second-order valence-electron chi connectivity index (χ2n) is 16.8. The van der Waals surface area contributed by atoms with E-state index in [1.807, 2.05) is 21.1 Å². The number of likely N-dealkylation sites (N-methyl/N-ethyl adjacent to an activating group) is 1. The van der Waals surface area contributed by atoms with E-state index >= 15 is 0 Å². The van der Waals surface area contributed by atoms with Gasteiger partial charge in [0.05, 0.1) is 27.7 Å². The van der Waals surface area contributed by atoms with Crippen LogP contribution in [0.5, 0.6) is 0 Å². The summed E-state index contributed by atoms with van der Waals surface area (Å²) in [6.45, 7) is 4.17. The molecule has 0 aliphatic carbocycles. The summed E-state index contributed by atoms with van der Waals surface area (Å²) >= 11 is 0. The number of hydrogen-bond acceptors (Lipinski definition) is 8. The Hall–Kier alpha value is -2.03. The third-order valence-corrected chi connectivity index (χ3v) is 10.8. The number of nitrogens with zero attached hydrogens (tertiary/aromatic N) is 1. The van der Waals surface area contributed by atoms with Gasteiger partial charge in [-0.25, -0.2) is 0 Å². The van der Waals surface area contributed by atoms with E-state index in [1.165, 1.54) is 89.9 Å². The molecule has 338 valence electrons. The first-order chi connectivity index (χ1) is 28.0. The van der Waals surface area contributed by atoms with Gasteiger partial charge in [0, 0.05) is 12.8 Å². The van der Waals surface area contributed by atoms with E-state index in [0.29, 0.717) is 17.4 Å². The molecule has 0 aromatic rings. The zero-order valence-corrected chi connectivity index (χ0v) is 38.9. The topological polar surface area (TPSA) is 111 Å². The minimum atomic E-state index is -4.63. The maximum absolute atomic E-state index is 12.7. The minimum Gasteiger partial charge on any atom is -0.756 e. The van der Waals surface area contributed by atoms with E-state index in [1.54, 1.807) is 0 Å².